The van der Waals surface area contributed by atoms with Gasteiger partial charge in [0.25, 0.3) is 0 Å². The lowest BCUT2D eigenvalue weighted by Gasteiger charge is -2.21. The smallest absolute Gasteiger partial charge is 0.310 e. The van der Waals surface area contributed by atoms with E-state index in [0.717, 1.165) is 0 Å². The molecule has 19 heavy (non-hydrogen) atoms. The molecule has 3 aliphatic rings. The summed E-state index contributed by atoms with van der Waals surface area (Å²) in [6.07, 6.45) is 8.68. The Bertz CT molecular complexity index is 482. The molecule has 0 spiro atoms. The maximum Gasteiger partial charge on any atom is 0.310 e. The number of imide groups is 1. The van der Waals surface area contributed by atoms with Gasteiger partial charge in [0.2, 0.25) is 11.8 Å². The molecule has 3 rings (SSSR count). The summed E-state index contributed by atoms with van der Waals surface area (Å²) in [7, 11) is 0. The van der Waals surface area contributed by atoms with Gasteiger partial charge in [-0.15, -0.1) is 0 Å². The van der Waals surface area contributed by atoms with Gasteiger partial charge >= 0.3 is 5.97 Å². The number of aliphatic carboxylic acids is 1. The van der Waals surface area contributed by atoms with Crippen LogP contribution < -0.4 is 0 Å². The molecule has 5 nitrogen and oxygen atoms in total. The van der Waals surface area contributed by atoms with Crippen LogP contribution >= 0.6 is 0 Å². The number of nitrogens with zero attached hydrogens (tertiary/aromatic N) is 1. The van der Waals surface area contributed by atoms with Gasteiger partial charge in [0.1, 0.15) is 0 Å². The molecule has 4 atom stereocenters. The minimum absolute atomic E-state index is 0.139. The average Bonchev–Trinajstić information content (AvgIpc) is 2.96. The van der Waals surface area contributed by atoms with Gasteiger partial charge in [-0.25, -0.2) is 0 Å². The van der Waals surface area contributed by atoms with Crippen molar-refractivity contribution in [3.05, 3.63) is 24.3 Å². The first-order valence-electron chi connectivity index (χ1n) is 6.52. The highest BCUT2D eigenvalue weighted by Gasteiger charge is 2.50. The van der Waals surface area contributed by atoms with Crippen molar-refractivity contribution in [3.8, 4) is 0 Å². The van der Waals surface area contributed by atoms with Gasteiger partial charge in [0.15, 0.2) is 0 Å². The van der Waals surface area contributed by atoms with Gasteiger partial charge < -0.3 is 5.11 Å². The molecule has 1 heterocycles. The van der Waals surface area contributed by atoms with Crippen LogP contribution in [-0.2, 0) is 14.4 Å². The lowest BCUT2D eigenvalue weighted by atomic mass is 9.85. The fourth-order valence-electron chi connectivity index (χ4n) is 3.21. The van der Waals surface area contributed by atoms with Crippen LogP contribution in [0.15, 0.2) is 24.3 Å². The summed E-state index contributed by atoms with van der Waals surface area (Å²) < 4.78 is 0. The van der Waals surface area contributed by atoms with E-state index in [4.69, 9.17) is 5.11 Å². The zero-order valence-corrected chi connectivity index (χ0v) is 10.4. The van der Waals surface area contributed by atoms with Crippen LogP contribution in [0.2, 0.25) is 0 Å². The van der Waals surface area contributed by atoms with Crippen molar-refractivity contribution in [2.45, 2.75) is 25.3 Å². The van der Waals surface area contributed by atoms with Crippen molar-refractivity contribution in [2.75, 3.05) is 0 Å². The zero-order chi connectivity index (χ0) is 13.6. The van der Waals surface area contributed by atoms with Crippen LogP contribution in [0.5, 0.6) is 0 Å². The summed E-state index contributed by atoms with van der Waals surface area (Å²) in [5.41, 5.74) is 0. The number of carbonyl (C=O) groups excluding carboxylic acids is 2. The van der Waals surface area contributed by atoms with Gasteiger partial charge in [0, 0.05) is 0 Å². The van der Waals surface area contributed by atoms with E-state index in [-0.39, 0.29) is 29.7 Å². The molecule has 1 N–H and O–H groups in total. The molecular weight excluding hydrogens is 246 g/mol. The fourth-order valence-corrected chi connectivity index (χ4v) is 3.21. The monoisotopic (exact) mass is 261 g/mol. The van der Waals surface area contributed by atoms with Gasteiger partial charge in [-0.2, -0.15) is 0 Å². The lowest BCUT2D eigenvalue weighted by Crippen LogP contribution is -2.39. The first kappa shape index (κ1) is 12.1. The number of hydrogen-bond donors (Lipinski definition) is 1. The molecule has 5 heteroatoms. The highest BCUT2D eigenvalue weighted by molar-refractivity contribution is 6.06. The van der Waals surface area contributed by atoms with Crippen LogP contribution in [0.4, 0.5) is 0 Å². The molecule has 2 aliphatic carbocycles. The van der Waals surface area contributed by atoms with Gasteiger partial charge in [-0.05, 0) is 19.3 Å². The van der Waals surface area contributed by atoms with Crippen LogP contribution in [0.3, 0.4) is 0 Å². The quantitative estimate of drug-likeness (QED) is 0.593. The summed E-state index contributed by atoms with van der Waals surface area (Å²) in [5, 5.41) is 8.96. The maximum absolute atomic E-state index is 12.3. The first-order chi connectivity index (χ1) is 9.09. The van der Waals surface area contributed by atoms with E-state index in [9.17, 15) is 14.4 Å². The molecule has 1 fully saturated rings. The van der Waals surface area contributed by atoms with Crippen LogP contribution in [0.25, 0.3) is 0 Å². The number of carboxylic acid groups (broad SMARTS) is 1. The molecule has 0 saturated carbocycles. The number of allylic oxidation sites excluding steroid dienone is 2. The normalized spacial score (nSPS) is 36.9. The molecule has 0 radical (unpaired) electrons. The molecule has 1 aliphatic heterocycles. The van der Waals surface area contributed by atoms with Crippen molar-refractivity contribution in [1.82, 2.24) is 4.90 Å². The molecule has 4 unspecified atom stereocenters. The van der Waals surface area contributed by atoms with Crippen LogP contribution in [0, 0.1) is 17.8 Å². The number of carbonyl (C=O) groups is 3. The van der Waals surface area contributed by atoms with Crippen molar-refractivity contribution >= 4 is 17.8 Å². The van der Waals surface area contributed by atoms with Crippen molar-refractivity contribution < 1.29 is 19.5 Å². The van der Waals surface area contributed by atoms with Gasteiger partial charge in [-0.1, -0.05) is 24.3 Å². The molecule has 0 aromatic heterocycles. The summed E-state index contributed by atoms with van der Waals surface area (Å²) in [6, 6.07) is -0.383. The Morgan fingerprint density at radius 1 is 1.11 bits per heavy atom. The molecule has 1 saturated heterocycles. The maximum atomic E-state index is 12.3. The van der Waals surface area contributed by atoms with Gasteiger partial charge in [-0.3, -0.25) is 19.3 Å². The van der Waals surface area contributed by atoms with Crippen molar-refractivity contribution in [2.24, 2.45) is 17.8 Å². The SMILES string of the molecule is O=C(O)C1C=CC(N2C(=O)C3CC=CCC3C2=O)C1. The van der Waals surface area contributed by atoms with Gasteiger partial charge in [0.05, 0.1) is 23.8 Å². The van der Waals surface area contributed by atoms with E-state index in [1.807, 2.05) is 12.2 Å². The van der Waals surface area contributed by atoms with Crippen LogP contribution in [0.1, 0.15) is 19.3 Å². The predicted octanol–water partition coefficient (Wildman–Crippen LogP) is 0.967. The van der Waals surface area contributed by atoms with E-state index in [2.05, 4.69) is 0 Å². The molecule has 100 valence electrons. The molecule has 2 amide bonds. The second kappa shape index (κ2) is 4.33. The first-order valence-corrected chi connectivity index (χ1v) is 6.52. The van der Waals surface area contributed by atoms with Crippen LogP contribution in [-0.4, -0.2) is 33.8 Å². The Morgan fingerprint density at radius 2 is 1.68 bits per heavy atom. The lowest BCUT2D eigenvalue weighted by molar-refractivity contribution is -0.144. The summed E-state index contributed by atoms with van der Waals surface area (Å²) in [6.45, 7) is 0. The highest BCUT2D eigenvalue weighted by atomic mass is 16.4. The topological polar surface area (TPSA) is 74.7 Å². The molecule has 0 aromatic rings. The number of rotatable bonds is 2. The Labute approximate surface area is 110 Å². The number of amides is 2. The van der Waals surface area contributed by atoms with E-state index in [1.165, 1.54) is 4.90 Å². The molecular formula is C14H15NO4. The molecule has 0 bridgehead atoms. The standard InChI is InChI=1S/C14H15NO4/c16-12-10-3-1-2-4-11(10)13(17)15(12)9-6-5-8(7-9)14(18)19/h1-2,5-6,8-11H,3-4,7H2,(H,18,19). The Hall–Kier alpha value is -1.91. The molecule has 0 aromatic carbocycles. The third-order valence-corrected chi connectivity index (χ3v) is 4.25. The summed E-state index contributed by atoms with van der Waals surface area (Å²) in [5.74, 6) is -2.26. The second-order valence-electron chi connectivity index (χ2n) is 5.33. The summed E-state index contributed by atoms with van der Waals surface area (Å²) in [4.78, 5) is 36.8. The second-order valence-corrected chi connectivity index (χ2v) is 5.33. The number of fused-ring (bicyclic) bond motifs is 1. The van der Waals surface area contributed by atoms with E-state index in [1.54, 1.807) is 12.2 Å². The number of carboxylic acids is 1. The highest BCUT2D eigenvalue weighted by Crippen LogP contribution is 2.38. The Balaban J connectivity index is 1.80. The van der Waals surface area contributed by atoms with Crippen molar-refractivity contribution in [3.63, 3.8) is 0 Å². The van der Waals surface area contributed by atoms with E-state index in [0.29, 0.717) is 19.3 Å². The third kappa shape index (κ3) is 1.80. The Kier molecular flexibility index (Phi) is 2.77. The predicted molar refractivity (Wildman–Crippen MR) is 65.9 cm³/mol. The summed E-state index contributed by atoms with van der Waals surface area (Å²) >= 11 is 0. The van der Waals surface area contributed by atoms with E-state index < -0.39 is 11.9 Å². The minimum Gasteiger partial charge on any atom is -0.481 e. The Morgan fingerprint density at radius 3 is 2.16 bits per heavy atom. The average molecular weight is 261 g/mol. The largest absolute Gasteiger partial charge is 0.481 e. The zero-order valence-electron chi connectivity index (χ0n) is 10.4. The third-order valence-electron chi connectivity index (χ3n) is 4.25. The minimum atomic E-state index is -0.906. The number of hydrogen-bond acceptors (Lipinski definition) is 3. The van der Waals surface area contributed by atoms with E-state index >= 15 is 0 Å². The van der Waals surface area contributed by atoms with Crippen molar-refractivity contribution in [1.29, 1.82) is 0 Å². The number of likely N-dealkylation sites (tertiary alicyclic amines) is 1. The fraction of sp³-hybridized carbons (Fsp3) is 0.500.